The number of hydrogen-bond acceptors (Lipinski definition) is 1. The van der Waals surface area contributed by atoms with Gasteiger partial charge in [-0.2, -0.15) is 0 Å². The van der Waals surface area contributed by atoms with E-state index in [1.165, 1.54) is 18.9 Å². The van der Waals surface area contributed by atoms with Crippen LogP contribution in [0.15, 0.2) is 18.2 Å². The Bertz CT molecular complexity index is 419. The Balaban J connectivity index is 2.11. The van der Waals surface area contributed by atoms with Crippen LogP contribution in [0.4, 0.5) is 8.78 Å². The molecule has 1 aliphatic rings. The molecule has 0 radical (unpaired) electrons. The minimum absolute atomic E-state index is 0.451. The number of rotatable bonds is 4. The molecule has 0 amide bonds. The maximum Gasteiger partial charge on any atom is 0.162 e. The Morgan fingerprint density at radius 3 is 2.74 bits per heavy atom. The Hall–Kier alpha value is -0.960. The molecule has 0 saturated heterocycles. The molecule has 1 aliphatic carbocycles. The number of nitrogens with one attached hydrogen (secondary N) is 1. The Morgan fingerprint density at radius 2 is 2.00 bits per heavy atom. The van der Waals surface area contributed by atoms with Crippen LogP contribution in [0.25, 0.3) is 0 Å². The maximum atomic E-state index is 13.8. The molecule has 0 aromatic heterocycles. The van der Waals surface area contributed by atoms with Crippen molar-refractivity contribution >= 4 is 0 Å². The topological polar surface area (TPSA) is 12.0 Å². The summed E-state index contributed by atoms with van der Waals surface area (Å²) in [6.07, 6.45) is 4.20. The molecular formula is C16H23F2N. The summed E-state index contributed by atoms with van der Waals surface area (Å²) < 4.78 is 27.0. The van der Waals surface area contributed by atoms with Gasteiger partial charge in [0.2, 0.25) is 0 Å². The summed E-state index contributed by atoms with van der Waals surface area (Å²) in [5.74, 6) is 0.321. The van der Waals surface area contributed by atoms with Crippen LogP contribution in [-0.4, -0.2) is 13.6 Å². The van der Waals surface area contributed by atoms with Gasteiger partial charge in [-0.3, -0.25) is 0 Å². The van der Waals surface area contributed by atoms with Crippen molar-refractivity contribution in [1.29, 1.82) is 0 Å². The van der Waals surface area contributed by atoms with Crippen LogP contribution in [0.2, 0.25) is 0 Å². The van der Waals surface area contributed by atoms with E-state index in [0.717, 1.165) is 13.0 Å². The normalized spacial score (nSPS) is 27.5. The first-order chi connectivity index (χ1) is 9.11. The van der Waals surface area contributed by atoms with Crippen molar-refractivity contribution in [2.45, 2.75) is 32.6 Å². The summed E-state index contributed by atoms with van der Waals surface area (Å²) in [7, 11) is 1.96. The molecular weight excluding hydrogens is 244 g/mol. The summed E-state index contributed by atoms with van der Waals surface area (Å²) in [6.45, 7) is 3.22. The van der Waals surface area contributed by atoms with Crippen LogP contribution in [0.3, 0.4) is 0 Å². The first kappa shape index (κ1) is 14.4. The molecule has 3 unspecified atom stereocenters. The van der Waals surface area contributed by atoms with Gasteiger partial charge < -0.3 is 5.32 Å². The third-order valence-corrected chi connectivity index (χ3v) is 4.38. The first-order valence-corrected chi connectivity index (χ1v) is 7.19. The van der Waals surface area contributed by atoms with Crippen molar-refractivity contribution in [3.8, 4) is 0 Å². The van der Waals surface area contributed by atoms with Gasteiger partial charge in [-0.05, 0) is 62.2 Å². The highest BCUT2D eigenvalue weighted by Crippen LogP contribution is 2.36. The monoisotopic (exact) mass is 267 g/mol. The Labute approximate surface area is 114 Å². The van der Waals surface area contributed by atoms with Crippen LogP contribution < -0.4 is 5.32 Å². The van der Waals surface area contributed by atoms with Gasteiger partial charge in [0.25, 0.3) is 0 Å². The molecule has 1 aromatic rings. The molecule has 0 spiro atoms. The highest BCUT2D eigenvalue weighted by atomic mass is 19.2. The number of benzene rings is 1. The molecule has 106 valence electrons. The number of halogens is 2. The van der Waals surface area contributed by atoms with Crippen molar-refractivity contribution in [3.63, 3.8) is 0 Å². The molecule has 1 nitrogen and oxygen atoms in total. The van der Waals surface area contributed by atoms with E-state index < -0.39 is 11.6 Å². The van der Waals surface area contributed by atoms with E-state index in [2.05, 4.69) is 12.2 Å². The maximum absolute atomic E-state index is 13.8. The van der Waals surface area contributed by atoms with E-state index in [1.807, 2.05) is 7.05 Å². The van der Waals surface area contributed by atoms with Crippen LogP contribution in [-0.2, 0) is 6.42 Å². The zero-order valence-electron chi connectivity index (χ0n) is 11.8. The van der Waals surface area contributed by atoms with Crippen molar-refractivity contribution < 1.29 is 8.78 Å². The predicted molar refractivity (Wildman–Crippen MR) is 74.0 cm³/mol. The SMILES string of the molecule is CNCC1CCC(C)CC1Cc1cccc(F)c1F. The van der Waals surface area contributed by atoms with E-state index in [-0.39, 0.29) is 0 Å². The first-order valence-electron chi connectivity index (χ1n) is 7.19. The molecule has 1 aromatic carbocycles. The largest absolute Gasteiger partial charge is 0.319 e. The van der Waals surface area contributed by atoms with E-state index in [9.17, 15) is 8.78 Å². The average Bonchev–Trinajstić information content (AvgIpc) is 2.38. The van der Waals surface area contributed by atoms with Crippen LogP contribution in [0.1, 0.15) is 31.7 Å². The molecule has 1 saturated carbocycles. The zero-order chi connectivity index (χ0) is 13.8. The van der Waals surface area contributed by atoms with Gasteiger partial charge in [-0.15, -0.1) is 0 Å². The zero-order valence-corrected chi connectivity index (χ0v) is 11.8. The minimum atomic E-state index is -0.730. The van der Waals surface area contributed by atoms with Gasteiger partial charge in [0.1, 0.15) is 0 Å². The van der Waals surface area contributed by atoms with Crippen molar-refractivity contribution in [1.82, 2.24) is 5.32 Å². The van der Waals surface area contributed by atoms with Crippen LogP contribution in [0.5, 0.6) is 0 Å². The van der Waals surface area contributed by atoms with Gasteiger partial charge in [0.15, 0.2) is 11.6 Å². The van der Waals surface area contributed by atoms with E-state index in [1.54, 1.807) is 12.1 Å². The van der Waals surface area contributed by atoms with Crippen molar-refractivity contribution in [2.75, 3.05) is 13.6 Å². The molecule has 19 heavy (non-hydrogen) atoms. The molecule has 0 heterocycles. The standard InChI is InChI=1S/C16H23F2N/c1-11-6-7-13(10-19-2)14(8-11)9-12-4-3-5-15(17)16(12)18/h3-5,11,13-14,19H,6-10H2,1-2H3. The molecule has 1 fully saturated rings. The van der Waals surface area contributed by atoms with Gasteiger partial charge in [-0.1, -0.05) is 25.5 Å². The highest BCUT2D eigenvalue weighted by molar-refractivity contribution is 5.19. The Kier molecular flexibility index (Phi) is 4.92. The molecule has 3 heteroatoms. The quantitative estimate of drug-likeness (QED) is 0.875. The second kappa shape index (κ2) is 6.47. The number of hydrogen-bond donors (Lipinski definition) is 1. The summed E-state index contributed by atoms with van der Waals surface area (Å²) in [5.41, 5.74) is 0.528. The minimum Gasteiger partial charge on any atom is -0.319 e. The third kappa shape index (κ3) is 3.53. The molecule has 0 aliphatic heterocycles. The predicted octanol–water partition coefficient (Wildman–Crippen LogP) is 3.78. The van der Waals surface area contributed by atoms with Gasteiger partial charge >= 0.3 is 0 Å². The van der Waals surface area contributed by atoms with Crippen LogP contribution >= 0.6 is 0 Å². The van der Waals surface area contributed by atoms with E-state index in [0.29, 0.717) is 29.7 Å². The summed E-state index contributed by atoms with van der Waals surface area (Å²) in [6, 6.07) is 4.51. The fraction of sp³-hybridized carbons (Fsp3) is 0.625. The van der Waals surface area contributed by atoms with Crippen molar-refractivity contribution in [2.24, 2.45) is 17.8 Å². The Morgan fingerprint density at radius 1 is 1.21 bits per heavy atom. The summed E-state index contributed by atoms with van der Waals surface area (Å²) >= 11 is 0. The second-order valence-electron chi connectivity index (χ2n) is 5.91. The molecule has 2 rings (SSSR count). The smallest absolute Gasteiger partial charge is 0.162 e. The van der Waals surface area contributed by atoms with Gasteiger partial charge in [0, 0.05) is 0 Å². The fourth-order valence-corrected chi connectivity index (χ4v) is 3.33. The summed E-state index contributed by atoms with van der Waals surface area (Å²) in [5, 5.41) is 3.23. The summed E-state index contributed by atoms with van der Waals surface area (Å²) in [4.78, 5) is 0. The molecule has 3 atom stereocenters. The highest BCUT2D eigenvalue weighted by Gasteiger charge is 2.29. The van der Waals surface area contributed by atoms with Crippen molar-refractivity contribution in [3.05, 3.63) is 35.4 Å². The van der Waals surface area contributed by atoms with E-state index in [4.69, 9.17) is 0 Å². The lowest BCUT2D eigenvalue weighted by atomic mass is 9.72. The molecule has 1 N–H and O–H groups in total. The lowest BCUT2D eigenvalue weighted by Gasteiger charge is -2.35. The third-order valence-electron chi connectivity index (χ3n) is 4.38. The molecule has 0 bridgehead atoms. The lowest BCUT2D eigenvalue weighted by molar-refractivity contribution is 0.184. The van der Waals surface area contributed by atoms with Crippen LogP contribution in [0, 0.1) is 29.4 Å². The van der Waals surface area contributed by atoms with Gasteiger partial charge in [-0.25, -0.2) is 8.78 Å². The van der Waals surface area contributed by atoms with Gasteiger partial charge in [0.05, 0.1) is 0 Å². The second-order valence-corrected chi connectivity index (χ2v) is 5.91. The average molecular weight is 267 g/mol. The fourth-order valence-electron chi connectivity index (χ4n) is 3.33. The lowest BCUT2D eigenvalue weighted by Crippen LogP contribution is -2.32. The van der Waals surface area contributed by atoms with E-state index >= 15 is 0 Å².